The van der Waals surface area contributed by atoms with Crippen LogP contribution >= 0.6 is 0 Å². The Hall–Kier alpha value is -4.32. The molecule has 0 aliphatic carbocycles. The number of hydrogen-bond acceptors (Lipinski definition) is 3. The van der Waals surface area contributed by atoms with Crippen LogP contribution in [0, 0.1) is 5.82 Å². The van der Waals surface area contributed by atoms with Crippen LogP contribution in [-0.2, 0) is 0 Å². The van der Waals surface area contributed by atoms with Crippen molar-refractivity contribution in [3.63, 3.8) is 0 Å². The summed E-state index contributed by atoms with van der Waals surface area (Å²) >= 11 is 0. The van der Waals surface area contributed by atoms with Gasteiger partial charge in [-0.2, -0.15) is 0 Å². The summed E-state index contributed by atoms with van der Waals surface area (Å²) < 4.78 is 15.4. The summed E-state index contributed by atoms with van der Waals surface area (Å²) in [7, 11) is 0. The van der Waals surface area contributed by atoms with Gasteiger partial charge in [0, 0.05) is 12.1 Å². The minimum Gasteiger partial charge on any atom is -0.328 e. The smallest absolute Gasteiger partial charge is 0.266 e. The van der Waals surface area contributed by atoms with Crippen molar-refractivity contribution in [1.82, 2.24) is 14.5 Å². The summed E-state index contributed by atoms with van der Waals surface area (Å²) in [5.41, 5.74) is 1.44. The molecule has 1 aromatic heterocycles. The van der Waals surface area contributed by atoms with Gasteiger partial charge in [0.1, 0.15) is 11.6 Å². The molecule has 0 spiro atoms. The lowest BCUT2D eigenvalue weighted by Crippen LogP contribution is -2.39. The van der Waals surface area contributed by atoms with E-state index in [1.807, 2.05) is 66.4 Å². The Morgan fingerprint density at radius 2 is 1.62 bits per heavy atom. The van der Waals surface area contributed by atoms with Crippen molar-refractivity contribution in [2.75, 3.05) is 6.54 Å². The van der Waals surface area contributed by atoms with E-state index in [2.05, 4.69) is 6.92 Å². The quantitative estimate of drug-likeness (QED) is 0.189. The first kappa shape index (κ1) is 26.3. The number of halogens is 1. The number of unbranched alkanes of at least 4 members (excludes halogenated alkanes) is 2. The number of para-hydroxylation sites is 1. The molecule has 0 aliphatic heterocycles. The molecule has 1 heterocycles. The Bertz CT molecular complexity index is 1680. The van der Waals surface area contributed by atoms with Gasteiger partial charge >= 0.3 is 0 Å². The van der Waals surface area contributed by atoms with E-state index in [9.17, 15) is 14.0 Å². The molecule has 1 atom stereocenters. The lowest BCUT2D eigenvalue weighted by molar-refractivity contribution is 0.0655. The van der Waals surface area contributed by atoms with Crippen LogP contribution in [0.25, 0.3) is 27.4 Å². The van der Waals surface area contributed by atoms with Gasteiger partial charge in [-0.25, -0.2) is 9.37 Å². The molecule has 5 aromatic rings. The molecule has 1 unspecified atom stereocenters. The number of rotatable bonds is 9. The second kappa shape index (κ2) is 11.6. The lowest BCUT2D eigenvalue weighted by Gasteiger charge is -2.32. The fraction of sp³-hybridized carbons (Fsp3) is 0.242. The Kier molecular flexibility index (Phi) is 7.82. The van der Waals surface area contributed by atoms with E-state index in [0.717, 1.165) is 30.0 Å². The van der Waals surface area contributed by atoms with E-state index >= 15 is 0 Å². The molecule has 4 aromatic carbocycles. The van der Waals surface area contributed by atoms with Crippen molar-refractivity contribution in [3.8, 4) is 5.69 Å². The van der Waals surface area contributed by atoms with Gasteiger partial charge in [0.25, 0.3) is 11.5 Å². The topological polar surface area (TPSA) is 55.2 Å². The van der Waals surface area contributed by atoms with Gasteiger partial charge in [-0.15, -0.1) is 0 Å². The number of nitrogens with zero attached hydrogens (tertiary/aromatic N) is 3. The molecular formula is C33H32FN3O2. The molecule has 0 aliphatic rings. The van der Waals surface area contributed by atoms with E-state index in [1.54, 1.807) is 24.3 Å². The van der Waals surface area contributed by atoms with Gasteiger partial charge in [0.15, 0.2) is 0 Å². The molecule has 0 N–H and O–H groups in total. The summed E-state index contributed by atoms with van der Waals surface area (Å²) in [5.74, 6) is -0.0166. The number of aromatic nitrogens is 2. The Morgan fingerprint density at radius 1 is 0.897 bits per heavy atom. The van der Waals surface area contributed by atoms with E-state index < -0.39 is 6.04 Å². The van der Waals surface area contributed by atoms with E-state index in [-0.39, 0.29) is 17.3 Å². The molecule has 0 bridgehead atoms. The second-order valence-corrected chi connectivity index (χ2v) is 9.80. The van der Waals surface area contributed by atoms with Crippen molar-refractivity contribution in [2.45, 2.75) is 45.6 Å². The maximum atomic E-state index is 14.2. The largest absolute Gasteiger partial charge is 0.328 e. The maximum absolute atomic E-state index is 14.2. The number of hydrogen-bond donors (Lipinski definition) is 0. The molecule has 0 radical (unpaired) electrons. The highest BCUT2D eigenvalue weighted by Crippen LogP contribution is 2.29. The normalized spacial score (nSPS) is 12.1. The van der Waals surface area contributed by atoms with Crippen molar-refractivity contribution in [2.24, 2.45) is 0 Å². The third-order valence-electron chi connectivity index (χ3n) is 7.21. The van der Waals surface area contributed by atoms with Crippen LogP contribution in [0.3, 0.4) is 0 Å². The predicted molar refractivity (Wildman–Crippen MR) is 155 cm³/mol. The van der Waals surface area contributed by atoms with Crippen LogP contribution in [-0.4, -0.2) is 26.9 Å². The zero-order valence-electron chi connectivity index (χ0n) is 22.3. The Morgan fingerprint density at radius 3 is 2.36 bits per heavy atom. The lowest BCUT2D eigenvalue weighted by atomic mass is 10.0. The molecule has 5 nitrogen and oxygen atoms in total. The third-order valence-corrected chi connectivity index (χ3v) is 7.21. The first-order valence-corrected chi connectivity index (χ1v) is 13.6. The van der Waals surface area contributed by atoms with Gasteiger partial charge < -0.3 is 4.90 Å². The zero-order chi connectivity index (χ0) is 27.4. The van der Waals surface area contributed by atoms with Gasteiger partial charge in [-0.05, 0) is 72.1 Å². The molecule has 0 saturated carbocycles. The highest BCUT2D eigenvalue weighted by atomic mass is 19.1. The predicted octanol–water partition coefficient (Wildman–Crippen LogP) is 7.46. The fourth-order valence-electron chi connectivity index (χ4n) is 5.17. The molecule has 5 rings (SSSR count). The highest BCUT2D eigenvalue weighted by Gasteiger charge is 2.29. The van der Waals surface area contributed by atoms with E-state index in [0.29, 0.717) is 40.9 Å². The zero-order valence-corrected chi connectivity index (χ0v) is 22.3. The van der Waals surface area contributed by atoms with Crippen LogP contribution in [0.15, 0.2) is 95.8 Å². The van der Waals surface area contributed by atoms with Gasteiger partial charge in [-0.1, -0.05) is 69.2 Å². The summed E-state index contributed by atoms with van der Waals surface area (Å²) in [6.07, 6.45) is 3.38. The first-order chi connectivity index (χ1) is 19.0. The van der Waals surface area contributed by atoms with Crippen molar-refractivity contribution < 1.29 is 9.18 Å². The van der Waals surface area contributed by atoms with Crippen LogP contribution in [0.4, 0.5) is 4.39 Å². The second-order valence-electron chi connectivity index (χ2n) is 9.80. The van der Waals surface area contributed by atoms with Crippen LogP contribution < -0.4 is 5.56 Å². The average molecular weight is 522 g/mol. The number of carbonyl (C=O) groups excluding carboxylic acids is 1. The standard InChI is InChI=1S/C33H32FN3O2/c1-3-5-10-21-36(32(38)25-16-15-23-11-6-7-12-24(23)22-25)30(4-2)31-35-29-14-9-8-13-28(29)33(39)37(31)27-19-17-26(34)18-20-27/h6-9,11-20,22,30H,3-5,10,21H2,1-2H3. The van der Waals surface area contributed by atoms with Gasteiger partial charge in [0.2, 0.25) is 0 Å². The summed E-state index contributed by atoms with van der Waals surface area (Å²) in [6, 6.07) is 26.3. The van der Waals surface area contributed by atoms with Crippen LogP contribution in [0.1, 0.15) is 61.8 Å². The summed E-state index contributed by atoms with van der Waals surface area (Å²) in [5, 5.41) is 2.54. The van der Waals surface area contributed by atoms with E-state index in [4.69, 9.17) is 4.98 Å². The molecule has 198 valence electrons. The number of fused-ring (bicyclic) bond motifs is 2. The van der Waals surface area contributed by atoms with Gasteiger partial charge in [-0.3, -0.25) is 14.2 Å². The summed E-state index contributed by atoms with van der Waals surface area (Å²) in [6.45, 7) is 4.66. The number of carbonyl (C=O) groups is 1. The Labute approximate surface area is 227 Å². The highest BCUT2D eigenvalue weighted by molar-refractivity contribution is 5.98. The van der Waals surface area contributed by atoms with E-state index in [1.165, 1.54) is 16.7 Å². The van der Waals surface area contributed by atoms with Crippen molar-refractivity contribution in [1.29, 1.82) is 0 Å². The molecular weight excluding hydrogens is 489 g/mol. The van der Waals surface area contributed by atoms with Crippen molar-refractivity contribution in [3.05, 3.63) is 119 Å². The molecule has 6 heteroatoms. The number of benzene rings is 4. The Balaban J connectivity index is 1.68. The minimum absolute atomic E-state index is 0.100. The van der Waals surface area contributed by atoms with Crippen LogP contribution in [0.2, 0.25) is 0 Å². The fourth-order valence-corrected chi connectivity index (χ4v) is 5.17. The van der Waals surface area contributed by atoms with Crippen LogP contribution in [0.5, 0.6) is 0 Å². The monoisotopic (exact) mass is 521 g/mol. The SMILES string of the molecule is CCCCCN(C(=O)c1ccc2ccccc2c1)C(CC)c1nc2ccccc2c(=O)n1-c1ccc(F)cc1. The van der Waals surface area contributed by atoms with Crippen molar-refractivity contribution >= 4 is 27.6 Å². The van der Waals surface area contributed by atoms with Gasteiger partial charge in [0.05, 0.1) is 22.6 Å². The first-order valence-electron chi connectivity index (χ1n) is 13.6. The maximum Gasteiger partial charge on any atom is 0.266 e. The average Bonchev–Trinajstić information content (AvgIpc) is 2.97. The third kappa shape index (κ3) is 5.32. The molecule has 39 heavy (non-hydrogen) atoms. The summed E-state index contributed by atoms with van der Waals surface area (Å²) in [4.78, 5) is 34.8. The molecule has 0 saturated heterocycles. The minimum atomic E-state index is -0.469. The number of amides is 1. The molecule has 1 amide bonds. The molecule has 0 fully saturated rings.